The van der Waals surface area contributed by atoms with Crippen LogP contribution in [0.5, 0.6) is 0 Å². The molecule has 0 saturated heterocycles. The van der Waals surface area contributed by atoms with Gasteiger partial charge in [0.25, 0.3) is 0 Å². The second kappa shape index (κ2) is 4.51. The fourth-order valence-electron chi connectivity index (χ4n) is 1.75. The van der Waals surface area contributed by atoms with Gasteiger partial charge in [0.15, 0.2) is 6.29 Å². The van der Waals surface area contributed by atoms with Crippen molar-refractivity contribution >= 4 is 17.2 Å². The minimum Gasteiger partial charge on any atom is -0.347 e. The standard InChI is InChI=1S/C11H10N4O/c12-14-13-5-6-15-7-9(8-16)10-3-1-2-4-11(10)15/h1-4,7-8H,5-6H2. The van der Waals surface area contributed by atoms with E-state index in [1.165, 1.54) is 0 Å². The summed E-state index contributed by atoms with van der Waals surface area (Å²) < 4.78 is 1.92. The molecule has 0 amide bonds. The van der Waals surface area contributed by atoms with Crippen LogP contribution in [-0.4, -0.2) is 17.4 Å². The average molecular weight is 214 g/mol. The summed E-state index contributed by atoms with van der Waals surface area (Å²) in [6, 6.07) is 7.66. The molecule has 80 valence electrons. The Morgan fingerprint density at radius 1 is 1.44 bits per heavy atom. The van der Waals surface area contributed by atoms with Crippen LogP contribution in [0.2, 0.25) is 0 Å². The first kappa shape index (κ1) is 10.3. The van der Waals surface area contributed by atoms with Crippen molar-refractivity contribution in [1.29, 1.82) is 0 Å². The number of fused-ring (bicyclic) bond motifs is 1. The number of nitrogens with zero attached hydrogens (tertiary/aromatic N) is 4. The number of hydrogen-bond donors (Lipinski definition) is 0. The van der Waals surface area contributed by atoms with Crippen molar-refractivity contribution in [3.05, 3.63) is 46.5 Å². The largest absolute Gasteiger partial charge is 0.347 e. The number of carbonyl (C=O) groups is 1. The van der Waals surface area contributed by atoms with Crippen LogP contribution in [0.4, 0.5) is 0 Å². The number of benzene rings is 1. The Morgan fingerprint density at radius 2 is 2.25 bits per heavy atom. The summed E-state index contributed by atoms with van der Waals surface area (Å²) in [5, 5.41) is 4.41. The Balaban J connectivity index is 2.44. The van der Waals surface area contributed by atoms with E-state index in [0.29, 0.717) is 18.7 Å². The van der Waals surface area contributed by atoms with E-state index in [9.17, 15) is 4.79 Å². The van der Waals surface area contributed by atoms with E-state index >= 15 is 0 Å². The van der Waals surface area contributed by atoms with Crippen LogP contribution in [0.3, 0.4) is 0 Å². The van der Waals surface area contributed by atoms with E-state index in [1.807, 2.05) is 28.8 Å². The first-order valence-corrected chi connectivity index (χ1v) is 4.90. The van der Waals surface area contributed by atoms with Crippen molar-refractivity contribution in [3.8, 4) is 0 Å². The SMILES string of the molecule is [N-]=[N+]=NCCn1cc(C=O)c2ccccc21. The third-order valence-electron chi connectivity index (χ3n) is 2.45. The summed E-state index contributed by atoms with van der Waals surface area (Å²) in [7, 11) is 0. The van der Waals surface area contributed by atoms with Gasteiger partial charge >= 0.3 is 0 Å². The maximum absolute atomic E-state index is 10.9. The van der Waals surface area contributed by atoms with Crippen molar-refractivity contribution in [2.45, 2.75) is 6.54 Å². The first-order chi connectivity index (χ1) is 7.86. The zero-order chi connectivity index (χ0) is 11.4. The molecule has 1 aromatic heterocycles. The molecule has 0 atom stereocenters. The molecule has 0 aliphatic rings. The summed E-state index contributed by atoms with van der Waals surface area (Å²) in [4.78, 5) is 13.6. The van der Waals surface area contributed by atoms with Crippen LogP contribution >= 0.6 is 0 Å². The minimum atomic E-state index is 0.382. The molecule has 0 bridgehead atoms. The van der Waals surface area contributed by atoms with Gasteiger partial charge in [-0.2, -0.15) is 0 Å². The lowest BCUT2D eigenvalue weighted by Crippen LogP contribution is -1.98. The van der Waals surface area contributed by atoms with Gasteiger partial charge in [-0.25, -0.2) is 0 Å². The highest BCUT2D eigenvalue weighted by Crippen LogP contribution is 2.19. The molecule has 0 radical (unpaired) electrons. The number of azide groups is 1. The fraction of sp³-hybridized carbons (Fsp3) is 0.182. The molecular formula is C11H10N4O. The molecule has 0 aliphatic carbocycles. The highest BCUT2D eigenvalue weighted by Gasteiger charge is 2.05. The van der Waals surface area contributed by atoms with E-state index in [-0.39, 0.29) is 0 Å². The van der Waals surface area contributed by atoms with Crippen LogP contribution < -0.4 is 0 Å². The van der Waals surface area contributed by atoms with E-state index in [0.717, 1.165) is 17.2 Å². The molecule has 1 heterocycles. The van der Waals surface area contributed by atoms with Gasteiger partial charge in [-0.05, 0) is 11.6 Å². The van der Waals surface area contributed by atoms with Crippen LogP contribution in [0, 0.1) is 0 Å². The van der Waals surface area contributed by atoms with Crippen molar-refractivity contribution in [3.63, 3.8) is 0 Å². The molecule has 0 fully saturated rings. The number of aldehydes is 1. The third-order valence-corrected chi connectivity index (χ3v) is 2.45. The molecule has 0 unspecified atom stereocenters. The van der Waals surface area contributed by atoms with Gasteiger partial charge in [0.2, 0.25) is 0 Å². The zero-order valence-electron chi connectivity index (χ0n) is 8.58. The van der Waals surface area contributed by atoms with Gasteiger partial charge in [0.1, 0.15) is 0 Å². The molecule has 0 N–H and O–H groups in total. The molecule has 5 heteroatoms. The maximum Gasteiger partial charge on any atom is 0.152 e. The second-order valence-electron chi connectivity index (χ2n) is 3.37. The lowest BCUT2D eigenvalue weighted by Gasteiger charge is -2.01. The number of carbonyl (C=O) groups excluding carboxylic acids is 1. The van der Waals surface area contributed by atoms with Crippen LogP contribution in [0.1, 0.15) is 10.4 Å². The Hall–Kier alpha value is -2.26. The Bertz CT molecular complexity index is 566. The molecule has 0 spiro atoms. The van der Waals surface area contributed by atoms with Crippen molar-refractivity contribution in [1.82, 2.24) is 4.57 Å². The van der Waals surface area contributed by atoms with Gasteiger partial charge in [0.05, 0.1) is 0 Å². The molecule has 2 rings (SSSR count). The van der Waals surface area contributed by atoms with Crippen LogP contribution in [0.25, 0.3) is 21.3 Å². The van der Waals surface area contributed by atoms with Crippen molar-refractivity contribution in [2.24, 2.45) is 5.11 Å². The van der Waals surface area contributed by atoms with E-state index < -0.39 is 0 Å². The molecule has 0 aliphatic heterocycles. The molecule has 2 aromatic rings. The average Bonchev–Trinajstić information content (AvgIpc) is 2.68. The predicted octanol–water partition coefficient (Wildman–Crippen LogP) is 2.76. The molecular weight excluding hydrogens is 204 g/mol. The van der Waals surface area contributed by atoms with Crippen molar-refractivity contribution in [2.75, 3.05) is 6.54 Å². The summed E-state index contributed by atoms with van der Waals surface area (Å²) >= 11 is 0. The van der Waals surface area contributed by atoms with Gasteiger partial charge in [-0.3, -0.25) is 4.79 Å². The quantitative estimate of drug-likeness (QED) is 0.334. The number of para-hydroxylation sites is 1. The summed E-state index contributed by atoms with van der Waals surface area (Å²) in [5.74, 6) is 0. The van der Waals surface area contributed by atoms with Gasteiger partial charge < -0.3 is 4.57 Å². The van der Waals surface area contributed by atoms with E-state index in [4.69, 9.17) is 5.53 Å². The lowest BCUT2D eigenvalue weighted by atomic mass is 10.2. The lowest BCUT2D eigenvalue weighted by molar-refractivity contribution is 0.112. The highest BCUT2D eigenvalue weighted by atomic mass is 16.1. The maximum atomic E-state index is 10.9. The summed E-state index contributed by atoms with van der Waals surface area (Å²) in [5.41, 5.74) is 9.85. The monoisotopic (exact) mass is 214 g/mol. The number of aromatic nitrogens is 1. The van der Waals surface area contributed by atoms with Crippen LogP contribution in [0.15, 0.2) is 35.6 Å². The number of rotatable bonds is 4. The zero-order valence-corrected chi connectivity index (χ0v) is 8.58. The van der Waals surface area contributed by atoms with Crippen molar-refractivity contribution < 1.29 is 4.79 Å². The molecule has 0 saturated carbocycles. The fourth-order valence-corrected chi connectivity index (χ4v) is 1.75. The Labute approximate surface area is 91.9 Å². The van der Waals surface area contributed by atoms with Gasteiger partial charge in [-0.15, -0.1) is 0 Å². The van der Waals surface area contributed by atoms with Gasteiger partial charge in [-0.1, -0.05) is 23.3 Å². The molecule has 1 aromatic carbocycles. The first-order valence-electron chi connectivity index (χ1n) is 4.90. The summed E-state index contributed by atoms with van der Waals surface area (Å²) in [6.45, 7) is 0.964. The molecule has 5 nitrogen and oxygen atoms in total. The van der Waals surface area contributed by atoms with E-state index in [2.05, 4.69) is 10.0 Å². The predicted molar refractivity (Wildman–Crippen MR) is 61.3 cm³/mol. The highest BCUT2D eigenvalue weighted by molar-refractivity contribution is 5.97. The smallest absolute Gasteiger partial charge is 0.152 e. The number of hydrogen-bond acceptors (Lipinski definition) is 2. The second-order valence-corrected chi connectivity index (χ2v) is 3.37. The Morgan fingerprint density at radius 3 is 3.00 bits per heavy atom. The van der Waals surface area contributed by atoms with Gasteiger partial charge in [0, 0.05) is 40.7 Å². The third kappa shape index (κ3) is 1.76. The minimum absolute atomic E-state index is 0.382. The normalized spacial score (nSPS) is 10.0. The van der Waals surface area contributed by atoms with Crippen LogP contribution in [-0.2, 0) is 6.54 Å². The van der Waals surface area contributed by atoms with E-state index in [1.54, 1.807) is 6.20 Å². The Kier molecular flexibility index (Phi) is 2.89. The summed E-state index contributed by atoms with van der Waals surface area (Å²) in [6.07, 6.45) is 2.62. The molecule has 16 heavy (non-hydrogen) atoms. The topological polar surface area (TPSA) is 70.8 Å².